The number of aromatic hydroxyl groups is 1. The van der Waals surface area contributed by atoms with E-state index in [4.69, 9.17) is 4.74 Å². The molecular weight excluding hydrogens is 194 g/mol. The Kier molecular flexibility index (Phi) is 3.20. The van der Waals surface area contributed by atoms with Crippen molar-refractivity contribution in [1.29, 1.82) is 0 Å². The van der Waals surface area contributed by atoms with E-state index < -0.39 is 6.10 Å². The van der Waals surface area contributed by atoms with Gasteiger partial charge in [-0.1, -0.05) is 12.1 Å². The summed E-state index contributed by atoms with van der Waals surface area (Å²) in [5, 5.41) is 21.9. The number of aliphatic hydroxyl groups excluding tert-OH is 1. The molecule has 4 nitrogen and oxygen atoms in total. The van der Waals surface area contributed by atoms with Crippen LogP contribution in [0.5, 0.6) is 5.75 Å². The van der Waals surface area contributed by atoms with Gasteiger partial charge >= 0.3 is 0 Å². The molecule has 15 heavy (non-hydrogen) atoms. The molecule has 1 aliphatic heterocycles. The van der Waals surface area contributed by atoms with Gasteiger partial charge in [-0.05, 0) is 17.7 Å². The third kappa shape index (κ3) is 2.68. The van der Waals surface area contributed by atoms with Crippen LogP contribution in [0, 0.1) is 0 Å². The number of phenols is 1. The number of aliphatic hydroxyl groups is 1. The molecule has 2 atom stereocenters. The second kappa shape index (κ2) is 4.61. The molecule has 2 rings (SSSR count). The quantitative estimate of drug-likeness (QED) is 0.667. The van der Waals surface area contributed by atoms with Gasteiger partial charge in [0.1, 0.15) is 5.75 Å². The zero-order valence-corrected chi connectivity index (χ0v) is 8.39. The van der Waals surface area contributed by atoms with Crippen molar-refractivity contribution in [2.75, 3.05) is 13.2 Å². The molecule has 1 heterocycles. The van der Waals surface area contributed by atoms with E-state index in [0.717, 1.165) is 5.56 Å². The van der Waals surface area contributed by atoms with E-state index >= 15 is 0 Å². The monoisotopic (exact) mass is 209 g/mol. The highest BCUT2D eigenvalue weighted by Crippen LogP contribution is 2.12. The Balaban J connectivity index is 1.87. The van der Waals surface area contributed by atoms with Crippen molar-refractivity contribution < 1.29 is 14.9 Å². The summed E-state index contributed by atoms with van der Waals surface area (Å²) >= 11 is 0. The summed E-state index contributed by atoms with van der Waals surface area (Å²) in [5.74, 6) is 0.262. The van der Waals surface area contributed by atoms with E-state index in [-0.39, 0.29) is 11.8 Å². The number of hydrogen-bond donors (Lipinski definition) is 3. The van der Waals surface area contributed by atoms with Gasteiger partial charge in [-0.15, -0.1) is 0 Å². The van der Waals surface area contributed by atoms with E-state index in [1.165, 1.54) is 0 Å². The summed E-state index contributed by atoms with van der Waals surface area (Å²) in [6.07, 6.45) is -0.428. The molecule has 0 saturated carbocycles. The Morgan fingerprint density at radius 2 is 2.27 bits per heavy atom. The topological polar surface area (TPSA) is 61.7 Å². The summed E-state index contributed by atoms with van der Waals surface area (Å²) in [5.41, 5.74) is 0.995. The van der Waals surface area contributed by atoms with Gasteiger partial charge < -0.3 is 20.3 Å². The largest absolute Gasteiger partial charge is 0.508 e. The first-order valence-electron chi connectivity index (χ1n) is 5.03. The normalized spacial score (nSPS) is 25.7. The number of phenolic OH excluding ortho intramolecular Hbond substituents is 1. The Bertz CT molecular complexity index is 329. The van der Waals surface area contributed by atoms with E-state index in [1.807, 2.05) is 6.07 Å². The molecule has 1 aromatic carbocycles. The molecule has 82 valence electrons. The average molecular weight is 209 g/mol. The minimum absolute atomic E-state index is 0.00708. The van der Waals surface area contributed by atoms with Gasteiger partial charge in [-0.2, -0.15) is 0 Å². The predicted molar refractivity (Wildman–Crippen MR) is 55.6 cm³/mol. The minimum atomic E-state index is -0.428. The second-order valence-corrected chi connectivity index (χ2v) is 3.76. The molecule has 0 amide bonds. The van der Waals surface area contributed by atoms with Crippen LogP contribution in [0.2, 0.25) is 0 Å². The average Bonchev–Trinajstić information content (AvgIpc) is 2.61. The first-order chi connectivity index (χ1) is 7.25. The van der Waals surface area contributed by atoms with Gasteiger partial charge in [-0.25, -0.2) is 0 Å². The van der Waals surface area contributed by atoms with Crippen molar-refractivity contribution in [1.82, 2.24) is 5.32 Å². The number of benzene rings is 1. The molecule has 0 radical (unpaired) electrons. The zero-order chi connectivity index (χ0) is 10.7. The Hall–Kier alpha value is -1.10. The van der Waals surface area contributed by atoms with Gasteiger partial charge in [0.25, 0.3) is 0 Å². The number of nitrogens with one attached hydrogen (secondary N) is 1. The lowest BCUT2D eigenvalue weighted by molar-refractivity contribution is 0.122. The van der Waals surface area contributed by atoms with Crippen LogP contribution in [0.4, 0.5) is 0 Å². The second-order valence-electron chi connectivity index (χ2n) is 3.76. The standard InChI is InChI=1S/C11H15NO3/c13-9-3-1-2-8(4-9)5-12-10-6-15-7-11(10)14/h1-4,10-14H,5-7H2. The van der Waals surface area contributed by atoms with Crippen LogP contribution in [0.1, 0.15) is 5.56 Å². The number of hydrogen-bond acceptors (Lipinski definition) is 4. The molecule has 1 aromatic rings. The molecule has 1 fully saturated rings. The van der Waals surface area contributed by atoms with Crippen molar-refractivity contribution >= 4 is 0 Å². The van der Waals surface area contributed by atoms with Gasteiger partial charge in [0, 0.05) is 6.54 Å². The summed E-state index contributed by atoms with van der Waals surface area (Å²) in [6.45, 7) is 1.57. The maximum Gasteiger partial charge on any atom is 0.115 e. The summed E-state index contributed by atoms with van der Waals surface area (Å²) < 4.78 is 5.12. The summed E-state index contributed by atoms with van der Waals surface area (Å²) in [4.78, 5) is 0. The van der Waals surface area contributed by atoms with Crippen LogP contribution in [0.25, 0.3) is 0 Å². The summed E-state index contributed by atoms with van der Waals surface area (Å²) in [7, 11) is 0. The molecule has 0 aromatic heterocycles. The molecule has 1 aliphatic rings. The van der Waals surface area contributed by atoms with Crippen molar-refractivity contribution in [2.45, 2.75) is 18.7 Å². The van der Waals surface area contributed by atoms with Gasteiger partial charge in [0.2, 0.25) is 0 Å². The van der Waals surface area contributed by atoms with Crippen molar-refractivity contribution in [3.63, 3.8) is 0 Å². The molecule has 0 bridgehead atoms. The van der Waals surface area contributed by atoms with Crippen LogP contribution in [0.15, 0.2) is 24.3 Å². The Labute approximate surface area is 88.5 Å². The van der Waals surface area contributed by atoms with Crippen LogP contribution in [-0.2, 0) is 11.3 Å². The highest BCUT2D eigenvalue weighted by molar-refractivity contribution is 5.26. The van der Waals surface area contributed by atoms with E-state index in [2.05, 4.69) is 5.32 Å². The molecule has 1 saturated heterocycles. The van der Waals surface area contributed by atoms with Crippen LogP contribution in [-0.4, -0.2) is 35.6 Å². The van der Waals surface area contributed by atoms with Crippen molar-refractivity contribution in [3.05, 3.63) is 29.8 Å². The maximum absolute atomic E-state index is 9.48. The molecule has 3 N–H and O–H groups in total. The molecule has 4 heteroatoms. The van der Waals surface area contributed by atoms with Gasteiger partial charge in [0.05, 0.1) is 25.4 Å². The zero-order valence-electron chi connectivity index (χ0n) is 8.39. The summed E-state index contributed by atoms with van der Waals surface area (Å²) in [6, 6.07) is 7.06. The molecule has 0 spiro atoms. The van der Waals surface area contributed by atoms with E-state index in [9.17, 15) is 10.2 Å². The first kappa shape index (κ1) is 10.4. The van der Waals surface area contributed by atoms with Gasteiger partial charge in [-0.3, -0.25) is 0 Å². The number of ether oxygens (including phenoxy) is 1. The minimum Gasteiger partial charge on any atom is -0.508 e. The van der Waals surface area contributed by atoms with Crippen molar-refractivity contribution in [2.24, 2.45) is 0 Å². The van der Waals surface area contributed by atoms with Gasteiger partial charge in [0.15, 0.2) is 0 Å². The smallest absolute Gasteiger partial charge is 0.115 e. The molecule has 2 unspecified atom stereocenters. The van der Waals surface area contributed by atoms with Crippen LogP contribution in [0.3, 0.4) is 0 Å². The number of rotatable bonds is 3. The lowest BCUT2D eigenvalue weighted by Crippen LogP contribution is -2.38. The SMILES string of the molecule is Oc1cccc(CNC2COCC2O)c1. The fourth-order valence-corrected chi connectivity index (χ4v) is 1.65. The van der Waals surface area contributed by atoms with Crippen molar-refractivity contribution in [3.8, 4) is 5.75 Å². The Morgan fingerprint density at radius 3 is 2.93 bits per heavy atom. The lowest BCUT2D eigenvalue weighted by Gasteiger charge is -2.14. The Morgan fingerprint density at radius 1 is 1.40 bits per heavy atom. The van der Waals surface area contributed by atoms with E-state index in [0.29, 0.717) is 19.8 Å². The highest BCUT2D eigenvalue weighted by atomic mass is 16.5. The fourth-order valence-electron chi connectivity index (χ4n) is 1.65. The first-order valence-corrected chi connectivity index (χ1v) is 5.03. The third-order valence-corrected chi connectivity index (χ3v) is 2.53. The predicted octanol–water partition coefficient (Wildman–Crippen LogP) is 0.241. The highest BCUT2D eigenvalue weighted by Gasteiger charge is 2.25. The van der Waals surface area contributed by atoms with E-state index in [1.54, 1.807) is 18.2 Å². The molecule has 0 aliphatic carbocycles. The fraction of sp³-hybridized carbons (Fsp3) is 0.455. The maximum atomic E-state index is 9.48. The third-order valence-electron chi connectivity index (χ3n) is 2.53. The van der Waals surface area contributed by atoms with Crippen LogP contribution < -0.4 is 5.32 Å². The lowest BCUT2D eigenvalue weighted by atomic mass is 10.1. The van der Waals surface area contributed by atoms with Crippen LogP contribution >= 0.6 is 0 Å². The molecular formula is C11H15NO3.